The van der Waals surface area contributed by atoms with Crippen molar-refractivity contribution in [3.05, 3.63) is 51.7 Å². The monoisotopic (exact) mass is 371 g/mol. The normalized spacial score (nSPS) is 13.9. The van der Waals surface area contributed by atoms with Crippen LogP contribution in [0.15, 0.2) is 30.3 Å². The predicted octanol–water partition coefficient (Wildman–Crippen LogP) is 2.24. The second kappa shape index (κ2) is 8.00. The van der Waals surface area contributed by atoms with Crippen LogP contribution in [0.25, 0.3) is 0 Å². The van der Waals surface area contributed by atoms with E-state index in [1.165, 1.54) is 19.2 Å². The van der Waals surface area contributed by atoms with Gasteiger partial charge in [-0.25, -0.2) is 4.98 Å². The van der Waals surface area contributed by atoms with Crippen LogP contribution in [-0.4, -0.2) is 49.2 Å². The highest BCUT2D eigenvalue weighted by atomic mass is 16.6. The minimum absolute atomic E-state index is 0.173. The highest BCUT2D eigenvalue weighted by molar-refractivity contribution is 5.95. The molecule has 1 amide bonds. The molecule has 9 heteroatoms. The Morgan fingerprint density at radius 2 is 1.93 bits per heavy atom. The Kier molecular flexibility index (Phi) is 5.51. The number of anilines is 3. The number of pyridine rings is 1. The molecule has 0 spiro atoms. The third-order valence-corrected chi connectivity index (χ3v) is 4.36. The topological polar surface area (TPSA) is 110 Å². The number of ether oxygens (including phenoxy) is 1. The Morgan fingerprint density at radius 1 is 1.22 bits per heavy atom. The Balaban J connectivity index is 1.86. The number of morpholine rings is 1. The average Bonchev–Trinajstić information content (AvgIpc) is 2.69. The molecule has 0 bridgehead atoms. The number of nitrogens with zero attached hydrogens (tertiary/aromatic N) is 3. The van der Waals surface area contributed by atoms with Crippen molar-refractivity contribution in [2.75, 3.05) is 43.6 Å². The first-order valence-corrected chi connectivity index (χ1v) is 8.57. The average molecular weight is 371 g/mol. The van der Waals surface area contributed by atoms with E-state index in [4.69, 9.17) is 4.74 Å². The van der Waals surface area contributed by atoms with E-state index < -0.39 is 4.92 Å². The fourth-order valence-corrected chi connectivity index (χ4v) is 2.87. The second-order valence-electron chi connectivity index (χ2n) is 6.10. The lowest BCUT2D eigenvalue weighted by Crippen LogP contribution is -2.36. The number of aromatic nitrogens is 1. The molecule has 1 saturated heterocycles. The van der Waals surface area contributed by atoms with Crippen LogP contribution in [-0.2, 0) is 4.74 Å². The van der Waals surface area contributed by atoms with Crippen LogP contribution in [0, 0.1) is 17.0 Å². The summed E-state index contributed by atoms with van der Waals surface area (Å²) in [4.78, 5) is 29.4. The van der Waals surface area contributed by atoms with Crippen LogP contribution in [0.3, 0.4) is 0 Å². The van der Waals surface area contributed by atoms with Crippen molar-refractivity contribution in [1.82, 2.24) is 10.3 Å². The van der Waals surface area contributed by atoms with E-state index in [0.717, 1.165) is 24.6 Å². The lowest BCUT2D eigenvalue weighted by molar-refractivity contribution is -0.383. The Morgan fingerprint density at radius 3 is 2.56 bits per heavy atom. The standard InChI is InChI=1S/C18H21N5O4/c1-12-14(5-6-17(20-12)22-7-9-27-10-8-22)21-15-4-3-13(18(24)19-2)11-16(15)23(25)26/h3-6,11,21H,7-10H2,1-2H3,(H,19,24). The number of nitro benzene ring substituents is 1. The molecular formula is C18H21N5O4. The minimum atomic E-state index is -0.514. The molecule has 1 aliphatic heterocycles. The SMILES string of the molecule is CNC(=O)c1ccc(Nc2ccc(N3CCOCC3)nc2C)c([N+](=O)[O-])c1. The summed E-state index contributed by atoms with van der Waals surface area (Å²) in [6.07, 6.45) is 0. The molecule has 2 aromatic rings. The van der Waals surface area contributed by atoms with Gasteiger partial charge in [-0.3, -0.25) is 14.9 Å². The van der Waals surface area contributed by atoms with Gasteiger partial charge in [0.15, 0.2) is 0 Å². The molecule has 1 aromatic carbocycles. The lowest BCUT2D eigenvalue weighted by Gasteiger charge is -2.28. The van der Waals surface area contributed by atoms with E-state index >= 15 is 0 Å². The van der Waals surface area contributed by atoms with E-state index in [1.807, 2.05) is 19.1 Å². The highest BCUT2D eigenvalue weighted by Crippen LogP contribution is 2.30. The summed E-state index contributed by atoms with van der Waals surface area (Å²) in [5.41, 5.74) is 1.75. The number of carbonyl (C=O) groups excluding carboxylic acids is 1. The van der Waals surface area contributed by atoms with Crippen molar-refractivity contribution in [2.45, 2.75) is 6.92 Å². The quantitative estimate of drug-likeness (QED) is 0.613. The summed E-state index contributed by atoms with van der Waals surface area (Å²) in [6, 6.07) is 8.05. The maximum atomic E-state index is 11.7. The van der Waals surface area contributed by atoms with Crippen molar-refractivity contribution in [3.63, 3.8) is 0 Å². The van der Waals surface area contributed by atoms with Gasteiger partial charge in [0.05, 0.1) is 29.5 Å². The van der Waals surface area contributed by atoms with Gasteiger partial charge >= 0.3 is 0 Å². The summed E-state index contributed by atoms with van der Waals surface area (Å²) in [7, 11) is 1.48. The van der Waals surface area contributed by atoms with Crippen molar-refractivity contribution in [1.29, 1.82) is 0 Å². The number of hydrogen-bond acceptors (Lipinski definition) is 7. The molecule has 0 radical (unpaired) electrons. The van der Waals surface area contributed by atoms with E-state index in [1.54, 1.807) is 6.07 Å². The molecule has 0 atom stereocenters. The summed E-state index contributed by atoms with van der Waals surface area (Å²) in [5.74, 6) is 0.475. The molecule has 2 heterocycles. The van der Waals surface area contributed by atoms with Crippen LogP contribution < -0.4 is 15.5 Å². The molecule has 0 saturated carbocycles. The summed E-state index contributed by atoms with van der Waals surface area (Å²) < 4.78 is 5.35. The number of benzene rings is 1. The van der Waals surface area contributed by atoms with Crippen molar-refractivity contribution in [2.24, 2.45) is 0 Å². The van der Waals surface area contributed by atoms with E-state index in [9.17, 15) is 14.9 Å². The third kappa shape index (κ3) is 4.14. The lowest BCUT2D eigenvalue weighted by atomic mass is 10.1. The van der Waals surface area contributed by atoms with E-state index in [0.29, 0.717) is 24.6 Å². The summed E-state index contributed by atoms with van der Waals surface area (Å²) in [6.45, 7) is 4.75. The second-order valence-corrected chi connectivity index (χ2v) is 6.10. The predicted molar refractivity (Wildman–Crippen MR) is 102 cm³/mol. The first-order valence-electron chi connectivity index (χ1n) is 8.57. The van der Waals surface area contributed by atoms with Gasteiger partial charge in [-0.2, -0.15) is 0 Å². The number of rotatable bonds is 5. The fraction of sp³-hybridized carbons (Fsp3) is 0.333. The van der Waals surface area contributed by atoms with Crippen molar-refractivity contribution in [3.8, 4) is 0 Å². The van der Waals surface area contributed by atoms with Gasteiger partial charge in [0.2, 0.25) is 0 Å². The molecule has 3 rings (SSSR count). The summed E-state index contributed by atoms with van der Waals surface area (Å²) in [5, 5.41) is 16.9. The van der Waals surface area contributed by atoms with Gasteiger partial charge in [-0.05, 0) is 31.2 Å². The maximum absolute atomic E-state index is 11.7. The molecular weight excluding hydrogens is 350 g/mol. The van der Waals surface area contributed by atoms with Gasteiger partial charge in [0.25, 0.3) is 11.6 Å². The number of carbonyl (C=O) groups is 1. The third-order valence-electron chi connectivity index (χ3n) is 4.36. The molecule has 1 aromatic heterocycles. The first kappa shape index (κ1) is 18.6. The zero-order valence-corrected chi connectivity index (χ0v) is 15.2. The highest BCUT2D eigenvalue weighted by Gasteiger charge is 2.19. The van der Waals surface area contributed by atoms with Crippen LogP contribution in [0.1, 0.15) is 16.1 Å². The molecule has 1 aliphatic rings. The number of nitrogens with one attached hydrogen (secondary N) is 2. The zero-order valence-electron chi connectivity index (χ0n) is 15.2. The smallest absolute Gasteiger partial charge is 0.293 e. The van der Waals surface area contributed by atoms with Crippen LogP contribution in [0.4, 0.5) is 22.9 Å². The van der Waals surface area contributed by atoms with E-state index in [-0.39, 0.29) is 17.2 Å². The Labute approximate surface area is 156 Å². The van der Waals surface area contributed by atoms with E-state index in [2.05, 4.69) is 20.5 Å². The van der Waals surface area contributed by atoms with Crippen molar-refractivity contribution < 1.29 is 14.5 Å². The number of aryl methyl sites for hydroxylation is 1. The Bertz CT molecular complexity index is 865. The van der Waals surface area contributed by atoms with Crippen LogP contribution in [0.5, 0.6) is 0 Å². The molecule has 9 nitrogen and oxygen atoms in total. The van der Waals surface area contributed by atoms with Gasteiger partial charge in [0.1, 0.15) is 11.5 Å². The molecule has 2 N–H and O–H groups in total. The fourth-order valence-electron chi connectivity index (χ4n) is 2.87. The summed E-state index contributed by atoms with van der Waals surface area (Å²) >= 11 is 0. The number of hydrogen-bond donors (Lipinski definition) is 2. The molecule has 27 heavy (non-hydrogen) atoms. The zero-order chi connectivity index (χ0) is 19.4. The van der Waals surface area contributed by atoms with Gasteiger partial charge < -0.3 is 20.3 Å². The maximum Gasteiger partial charge on any atom is 0.293 e. The number of amides is 1. The molecule has 142 valence electrons. The number of nitro groups is 1. The molecule has 1 fully saturated rings. The largest absolute Gasteiger partial charge is 0.378 e. The molecule has 0 unspecified atom stereocenters. The Hall–Kier alpha value is -3.20. The first-order chi connectivity index (χ1) is 13.0. The van der Waals surface area contributed by atoms with Gasteiger partial charge in [0, 0.05) is 31.8 Å². The van der Waals surface area contributed by atoms with Gasteiger partial charge in [-0.15, -0.1) is 0 Å². The van der Waals surface area contributed by atoms with Crippen LogP contribution in [0.2, 0.25) is 0 Å². The van der Waals surface area contributed by atoms with Gasteiger partial charge in [-0.1, -0.05) is 0 Å². The van der Waals surface area contributed by atoms with Crippen molar-refractivity contribution >= 4 is 28.8 Å². The van der Waals surface area contributed by atoms with Crippen LogP contribution >= 0.6 is 0 Å². The minimum Gasteiger partial charge on any atom is -0.378 e. The molecule has 0 aliphatic carbocycles.